The number of amides is 1. The number of halogens is 1. The van der Waals surface area contributed by atoms with Crippen LogP contribution in [-0.4, -0.2) is 43.0 Å². The third-order valence-electron chi connectivity index (χ3n) is 6.40. The first-order valence-electron chi connectivity index (χ1n) is 10.7. The Balaban J connectivity index is 1.63. The van der Waals surface area contributed by atoms with Gasteiger partial charge in [-0.2, -0.15) is 5.10 Å². The van der Waals surface area contributed by atoms with E-state index in [9.17, 15) is 4.79 Å². The van der Waals surface area contributed by atoms with E-state index in [4.69, 9.17) is 17.3 Å². The van der Waals surface area contributed by atoms with Gasteiger partial charge in [-0.15, -0.1) is 0 Å². The molecule has 0 aliphatic carbocycles. The number of pyridine rings is 1. The van der Waals surface area contributed by atoms with Gasteiger partial charge in [-0.3, -0.25) is 14.8 Å². The first-order chi connectivity index (χ1) is 15.5. The van der Waals surface area contributed by atoms with Crippen molar-refractivity contribution >= 4 is 40.7 Å². The van der Waals surface area contributed by atoms with E-state index in [-0.39, 0.29) is 5.91 Å². The minimum absolute atomic E-state index is 0.0185. The van der Waals surface area contributed by atoms with E-state index >= 15 is 0 Å². The summed E-state index contributed by atoms with van der Waals surface area (Å²) in [7, 11) is 1.72. The molecule has 1 amide bonds. The van der Waals surface area contributed by atoms with Gasteiger partial charge in [-0.25, -0.2) is 5.43 Å². The minimum atomic E-state index is -0.488. The van der Waals surface area contributed by atoms with Crippen LogP contribution in [-0.2, 0) is 4.79 Å². The molecular weight excluding hydrogens is 424 g/mol. The fraction of sp³-hybridized carbons (Fsp3) is 0.333. The van der Waals surface area contributed by atoms with Crippen LogP contribution in [0.2, 0.25) is 5.02 Å². The molecule has 0 saturated carbocycles. The lowest BCUT2D eigenvalue weighted by Gasteiger charge is -2.40. The van der Waals surface area contributed by atoms with E-state index in [0.29, 0.717) is 31.0 Å². The predicted octanol–water partition coefficient (Wildman–Crippen LogP) is 3.88. The van der Waals surface area contributed by atoms with Crippen LogP contribution in [0, 0.1) is 5.41 Å². The molecule has 2 aliphatic rings. The number of nitrogens with two attached hydrogens (primary N) is 1. The number of aliphatic imine (C=N–C) groups is 1. The van der Waals surface area contributed by atoms with Gasteiger partial charge in [0.15, 0.2) is 0 Å². The minimum Gasteiger partial charge on any atom is -0.404 e. The number of benzene rings is 1. The topological polar surface area (TPSA) is 96.0 Å². The summed E-state index contributed by atoms with van der Waals surface area (Å²) in [6.45, 7) is 3.48. The molecule has 0 radical (unpaired) electrons. The van der Waals surface area contributed by atoms with Gasteiger partial charge in [0.1, 0.15) is 0 Å². The zero-order valence-corrected chi connectivity index (χ0v) is 19.1. The first kappa shape index (κ1) is 22.0. The monoisotopic (exact) mass is 450 g/mol. The van der Waals surface area contributed by atoms with Crippen LogP contribution in [0.5, 0.6) is 0 Å². The highest BCUT2D eigenvalue weighted by atomic mass is 35.5. The Morgan fingerprint density at radius 3 is 2.62 bits per heavy atom. The molecule has 166 valence electrons. The van der Waals surface area contributed by atoms with E-state index in [2.05, 4.69) is 25.4 Å². The molecule has 0 atom stereocenters. The second-order valence-corrected chi connectivity index (χ2v) is 8.43. The Hall–Kier alpha value is -3.19. The van der Waals surface area contributed by atoms with E-state index in [1.165, 1.54) is 0 Å². The quantitative estimate of drug-likeness (QED) is 0.675. The Morgan fingerprint density at radius 2 is 2.00 bits per heavy atom. The Kier molecular flexibility index (Phi) is 6.28. The second kappa shape index (κ2) is 9.12. The van der Waals surface area contributed by atoms with Gasteiger partial charge in [-0.05, 0) is 30.4 Å². The maximum absolute atomic E-state index is 12.6. The van der Waals surface area contributed by atoms with E-state index in [1.54, 1.807) is 25.7 Å². The van der Waals surface area contributed by atoms with Gasteiger partial charge < -0.3 is 10.6 Å². The number of nitrogens with one attached hydrogen (secondary N) is 1. The Labute approximate surface area is 193 Å². The van der Waals surface area contributed by atoms with Crippen molar-refractivity contribution in [2.45, 2.75) is 26.2 Å². The number of carbonyl (C=O) groups is 1. The molecule has 0 bridgehead atoms. The van der Waals surface area contributed by atoms with Crippen LogP contribution >= 0.6 is 11.6 Å². The molecule has 0 unspecified atom stereocenters. The van der Waals surface area contributed by atoms with Crippen molar-refractivity contribution in [1.29, 1.82) is 0 Å². The van der Waals surface area contributed by atoms with Crippen molar-refractivity contribution < 1.29 is 4.79 Å². The number of anilines is 1. The maximum Gasteiger partial charge on any atom is 0.252 e. The molecule has 1 aromatic carbocycles. The van der Waals surface area contributed by atoms with Crippen LogP contribution < -0.4 is 16.1 Å². The number of aromatic nitrogens is 1. The van der Waals surface area contributed by atoms with Crippen molar-refractivity contribution in [2.75, 3.05) is 25.0 Å². The van der Waals surface area contributed by atoms with Gasteiger partial charge >= 0.3 is 0 Å². The summed E-state index contributed by atoms with van der Waals surface area (Å²) >= 11 is 6.64. The molecule has 8 heteroatoms. The Bertz CT molecular complexity index is 1100. The summed E-state index contributed by atoms with van der Waals surface area (Å²) in [4.78, 5) is 23.2. The van der Waals surface area contributed by atoms with Gasteiger partial charge in [0.05, 0.1) is 21.8 Å². The number of nitrogens with zero attached hydrogens (tertiary/aromatic N) is 4. The second-order valence-electron chi connectivity index (χ2n) is 8.03. The third-order valence-corrected chi connectivity index (χ3v) is 6.67. The molecule has 2 aliphatic heterocycles. The first-order valence-corrected chi connectivity index (χ1v) is 11.1. The lowest BCUT2D eigenvalue weighted by atomic mass is 9.73. The molecule has 1 fully saturated rings. The number of hydrogen-bond acceptors (Lipinski definition) is 6. The molecule has 1 aromatic heterocycles. The van der Waals surface area contributed by atoms with Gasteiger partial charge in [0.25, 0.3) is 5.91 Å². The molecular formula is C24H27ClN6O. The van der Waals surface area contributed by atoms with Crippen LogP contribution in [0.4, 0.5) is 5.69 Å². The highest BCUT2D eigenvalue weighted by molar-refractivity contribution is 6.34. The number of hydrogen-bond donors (Lipinski definition) is 2. The fourth-order valence-corrected chi connectivity index (χ4v) is 4.94. The molecule has 1 saturated heterocycles. The molecule has 7 nitrogen and oxygen atoms in total. The van der Waals surface area contributed by atoms with E-state index < -0.39 is 5.41 Å². The molecule has 2 aromatic rings. The van der Waals surface area contributed by atoms with Crippen LogP contribution in [0.3, 0.4) is 0 Å². The summed E-state index contributed by atoms with van der Waals surface area (Å²) < 4.78 is 0. The molecule has 32 heavy (non-hydrogen) atoms. The SMILES string of the molecule is CCC1=NNC(=O)C12CCN(c1c(Cl)cncc1-c1ccc(C(C=NC)=CN)cc1)CC2. The zero-order valence-electron chi connectivity index (χ0n) is 18.3. The van der Waals surface area contributed by atoms with Crippen LogP contribution in [0.15, 0.2) is 53.0 Å². The van der Waals surface area contributed by atoms with E-state index in [1.807, 2.05) is 37.4 Å². The smallest absolute Gasteiger partial charge is 0.252 e. The average molecular weight is 451 g/mol. The van der Waals surface area contributed by atoms with Crippen molar-refractivity contribution in [3.63, 3.8) is 0 Å². The van der Waals surface area contributed by atoms with Gasteiger partial charge in [0, 0.05) is 56.1 Å². The Morgan fingerprint density at radius 1 is 1.28 bits per heavy atom. The standard InChI is InChI=1S/C24H27ClN6O/c1-3-21-24(23(32)30-29-21)8-10-31(11-9-24)22-19(14-28-15-20(22)25)17-6-4-16(5-7-17)18(12-26)13-27-2/h4-7,12-15H,3,8-11,26H2,1-2H3,(H,30,32). The number of rotatable bonds is 5. The molecule has 3 N–H and O–H groups in total. The predicted molar refractivity (Wildman–Crippen MR) is 131 cm³/mol. The van der Waals surface area contributed by atoms with Gasteiger partial charge in [0.2, 0.25) is 0 Å². The summed E-state index contributed by atoms with van der Waals surface area (Å²) in [5.41, 5.74) is 13.6. The van der Waals surface area contributed by atoms with Crippen molar-refractivity contribution in [3.8, 4) is 11.1 Å². The third kappa shape index (κ3) is 3.77. The zero-order chi connectivity index (χ0) is 22.7. The lowest BCUT2D eigenvalue weighted by Crippen LogP contribution is -2.48. The largest absolute Gasteiger partial charge is 0.404 e. The van der Waals surface area contributed by atoms with Crippen molar-refractivity contribution in [2.24, 2.45) is 21.2 Å². The molecule has 3 heterocycles. The number of hydrazone groups is 1. The normalized spacial score (nSPS) is 18.3. The summed E-state index contributed by atoms with van der Waals surface area (Å²) in [6.07, 6.45) is 8.99. The number of piperidine rings is 1. The average Bonchev–Trinajstić information content (AvgIpc) is 3.13. The molecule has 1 spiro atoms. The number of allylic oxidation sites excluding steroid dienone is 1. The van der Waals surface area contributed by atoms with Crippen LogP contribution in [0.1, 0.15) is 31.7 Å². The van der Waals surface area contributed by atoms with Crippen molar-refractivity contribution in [1.82, 2.24) is 10.4 Å². The summed E-state index contributed by atoms with van der Waals surface area (Å²) in [5, 5.41) is 4.88. The lowest BCUT2D eigenvalue weighted by molar-refractivity contribution is -0.127. The molecule has 4 rings (SSSR count). The van der Waals surface area contributed by atoms with Crippen molar-refractivity contribution in [3.05, 3.63) is 53.4 Å². The fourth-order valence-electron chi connectivity index (χ4n) is 4.66. The van der Waals surface area contributed by atoms with Crippen LogP contribution in [0.25, 0.3) is 16.7 Å². The highest BCUT2D eigenvalue weighted by Crippen LogP contribution is 2.43. The number of carbonyl (C=O) groups excluding carboxylic acids is 1. The summed E-state index contributed by atoms with van der Waals surface area (Å²) in [6, 6.07) is 8.10. The maximum atomic E-state index is 12.6. The summed E-state index contributed by atoms with van der Waals surface area (Å²) in [5.74, 6) is 0.0185. The highest BCUT2D eigenvalue weighted by Gasteiger charge is 2.48. The van der Waals surface area contributed by atoms with E-state index in [0.717, 1.165) is 40.1 Å². The van der Waals surface area contributed by atoms with Gasteiger partial charge in [-0.1, -0.05) is 42.8 Å².